The van der Waals surface area contributed by atoms with Gasteiger partial charge in [-0.3, -0.25) is 14.5 Å². The van der Waals surface area contributed by atoms with E-state index < -0.39 is 23.7 Å². The number of benzene rings is 2. The molecular formula is C29H30N2O8S. The molecule has 2 heterocycles. The number of aliphatic hydroxyl groups is 1. The Hall–Kier alpha value is -4.38. The molecule has 1 aliphatic heterocycles. The van der Waals surface area contributed by atoms with Gasteiger partial charge in [0.2, 0.25) is 0 Å². The fraction of sp³-hybridized carbons (Fsp3) is 0.310. The Bertz CT molecular complexity index is 1480. The maximum Gasteiger partial charge on any atom is 0.350 e. The first kappa shape index (κ1) is 28.6. The van der Waals surface area contributed by atoms with Gasteiger partial charge in [-0.2, -0.15) is 0 Å². The molecule has 210 valence electrons. The summed E-state index contributed by atoms with van der Waals surface area (Å²) >= 11 is 0.936. The molecule has 1 N–H and O–H groups in total. The van der Waals surface area contributed by atoms with Crippen molar-refractivity contribution < 1.29 is 38.4 Å². The van der Waals surface area contributed by atoms with Crippen LogP contribution in [0.15, 0.2) is 48.0 Å². The van der Waals surface area contributed by atoms with Crippen molar-refractivity contribution in [3.05, 3.63) is 69.7 Å². The van der Waals surface area contributed by atoms with E-state index in [1.165, 1.54) is 12.0 Å². The monoisotopic (exact) mass is 566 g/mol. The van der Waals surface area contributed by atoms with Crippen molar-refractivity contribution >= 4 is 39.9 Å². The van der Waals surface area contributed by atoms with Gasteiger partial charge in [0, 0.05) is 5.56 Å². The Morgan fingerprint density at radius 3 is 2.45 bits per heavy atom. The van der Waals surface area contributed by atoms with Gasteiger partial charge in [-0.25, -0.2) is 9.78 Å². The molecule has 1 fully saturated rings. The molecule has 0 bridgehead atoms. The van der Waals surface area contributed by atoms with Crippen LogP contribution in [-0.2, 0) is 14.3 Å². The number of ketones is 1. The lowest BCUT2D eigenvalue weighted by Crippen LogP contribution is -2.29. The Labute approximate surface area is 235 Å². The molecule has 1 aliphatic rings. The first-order valence-electron chi connectivity index (χ1n) is 12.7. The van der Waals surface area contributed by atoms with Crippen LogP contribution in [-0.4, -0.2) is 54.7 Å². The third-order valence-corrected chi connectivity index (χ3v) is 7.26. The normalized spacial score (nSPS) is 16.2. The van der Waals surface area contributed by atoms with Gasteiger partial charge in [0.05, 0.1) is 44.2 Å². The van der Waals surface area contributed by atoms with E-state index in [0.29, 0.717) is 47.3 Å². The summed E-state index contributed by atoms with van der Waals surface area (Å²) in [5, 5.41) is 11.6. The van der Waals surface area contributed by atoms with Crippen LogP contribution in [0.5, 0.6) is 17.2 Å². The highest BCUT2D eigenvalue weighted by molar-refractivity contribution is 7.17. The van der Waals surface area contributed by atoms with E-state index in [1.54, 1.807) is 56.3 Å². The number of esters is 1. The van der Waals surface area contributed by atoms with Crippen LogP contribution < -0.4 is 19.1 Å². The minimum Gasteiger partial charge on any atom is -0.507 e. The van der Waals surface area contributed by atoms with Crippen LogP contribution in [0.1, 0.15) is 53.3 Å². The molecule has 0 radical (unpaired) electrons. The number of rotatable bonds is 10. The number of amides is 1. The fourth-order valence-corrected chi connectivity index (χ4v) is 5.39. The molecule has 10 nitrogen and oxygen atoms in total. The maximum atomic E-state index is 13.5. The number of Topliss-reactive ketones (excluding diaryl/α,β-unsaturated/α-hetero) is 1. The third-order valence-electron chi connectivity index (χ3n) is 6.12. The average Bonchev–Trinajstić information content (AvgIpc) is 3.45. The van der Waals surface area contributed by atoms with Gasteiger partial charge in [-0.15, -0.1) is 0 Å². The van der Waals surface area contributed by atoms with Gasteiger partial charge in [0.1, 0.15) is 16.4 Å². The maximum absolute atomic E-state index is 13.5. The Morgan fingerprint density at radius 2 is 1.77 bits per heavy atom. The Kier molecular flexibility index (Phi) is 8.73. The van der Waals surface area contributed by atoms with Crippen molar-refractivity contribution in [2.24, 2.45) is 0 Å². The molecule has 11 heteroatoms. The largest absolute Gasteiger partial charge is 0.507 e. The van der Waals surface area contributed by atoms with Crippen LogP contribution in [0, 0.1) is 6.92 Å². The van der Waals surface area contributed by atoms with Crippen molar-refractivity contribution in [3.63, 3.8) is 0 Å². The smallest absolute Gasteiger partial charge is 0.350 e. The SMILES string of the molecule is CCOC(=O)c1sc(N2C(=O)C(=O)C(=C(O)c3cccc(OCC)c3)C2c2ccc(OCC)c(OC)c2)nc1C. The van der Waals surface area contributed by atoms with Crippen molar-refractivity contribution in [2.45, 2.75) is 33.7 Å². The molecule has 2 aromatic carbocycles. The lowest BCUT2D eigenvalue weighted by atomic mass is 9.95. The first-order valence-corrected chi connectivity index (χ1v) is 13.6. The molecular weight excluding hydrogens is 536 g/mol. The number of hydrogen-bond donors (Lipinski definition) is 1. The van der Waals surface area contributed by atoms with E-state index in [4.69, 9.17) is 18.9 Å². The summed E-state index contributed by atoms with van der Waals surface area (Å²) in [4.78, 5) is 45.4. The van der Waals surface area contributed by atoms with Crippen LogP contribution in [0.2, 0.25) is 0 Å². The summed E-state index contributed by atoms with van der Waals surface area (Å²) < 4.78 is 21.8. The van der Waals surface area contributed by atoms with Crippen LogP contribution >= 0.6 is 11.3 Å². The number of anilines is 1. The zero-order valence-electron chi connectivity index (χ0n) is 22.8. The Balaban J connectivity index is 1.94. The van der Waals surface area contributed by atoms with Gasteiger partial charge in [-0.1, -0.05) is 29.5 Å². The molecule has 1 atom stereocenters. The number of aliphatic hydroxyl groups excluding tert-OH is 1. The zero-order chi connectivity index (χ0) is 29.0. The molecule has 0 saturated carbocycles. The summed E-state index contributed by atoms with van der Waals surface area (Å²) in [6, 6.07) is 10.5. The molecule has 3 aromatic rings. The highest BCUT2D eigenvalue weighted by Crippen LogP contribution is 2.45. The van der Waals surface area contributed by atoms with E-state index >= 15 is 0 Å². The minimum absolute atomic E-state index is 0.114. The molecule has 1 unspecified atom stereocenters. The number of hydrogen-bond acceptors (Lipinski definition) is 10. The lowest BCUT2D eigenvalue weighted by molar-refractivity contribution is -0.132. The molecule has 1 saturated heterocycles. The second-order valence-electron chi connectivity index (χ2n) is 8.60. The topological polar surface area (TPSA) is 124 Å². The average molecular weight is 567 g/mol. The van der Waals surface area contributed by atoms with E-state index in [1.807, 2.05) is 13.8 Å². The second kappa shape index (κ2) is 12.2. The minimum atomic E-state index is -1.08. The predicted molar refractivity (Wildman–Crippen MR) is 149 cm³/mol. The van der Waals surface area contributed by atoms with Crippen molar-refractivity contribution in [1.29, 1.82) is 0 Å². The number of nitrogens with zero attached hydrogens (tertiary/aromatic N) is 2. The number of carbonyl (C=O) groups excluding carboxylic acids is 3. The van der Waals surface area contributed by atoms with Crippen molar-refractivity contribution in [1.82, 2.24) is 4.98 Å². The molecule has 1 aromatic heterocycles. The highest BCUT2D eigenvalue weighted by Gasteiger charge is 2.48. The van der Waals surface area contributed by atoms with Gasteiger partial charge in [-0.05, 0) is 57.5 Å². The molecule has 1 amide bonds. The van der Waals surface area contributed by atoms with Crippen LogP contribution in [0.3, 0.4) is 0 Å². The second-order valence-corrected chi connectivity index (χ2v) is 9.58. The fourth-order valence-electron chi connectivity index (χ4n) is 4.40. The van der Waals surface area contributed by atoms with E-state index in [0.717, 1.165) is 11.3 Å². The van der Waals surface area contributed by atoms with Gasteiger partial charge >= 0.3 is 11.9 Å². The number of aromatic nitrogens is 1. The van der Waals surface area contributed by atoms with Gasteiger partial charge < -0.3 is 24.1 Å². The number of aryl methyl sites for hydroxylation is 1. The lowest BCUT2D eigenvalue weighted by Gasteiger charge is -2.24. The standard InChI is InChI=1S/C29H30N2O8S/c1-6-37-19-11-9-10-18(14-19)24(32)22-23(17-12-13-20(38-7-2)21(15-17)36-5)31(27(34)25(22)33)29-30-16(4)26(40-29)28(35)39-8-3/h9-15,23,32H,6-8H2,1-5H3. The van der Waals surface area contributed by atoms with Crippen LogP contribution in [0.4, 0.5) is 5.13 Å². The number of ether oxygens (including phenoxy) is 4. The summed E-state index contributed by atoms with van der Waals surface area (Å²) in [7, 11) is 1.48. The summed E-state index contributed by atoms with van der Waals surface area (Å²) in [5.74, 6) is -1.40. The zero-order valence-corrected chi connectivity index (χ0v) is 23.7. The van der Waals surface area contributed by atoms with E-state index in [9.17, 15) is 19.5 Å². The highest BCUT2D eigenvalue weighted by atomic mass is 32.1. The van der Waals surface area contributed by atoms with Crippen molar-refractivity contribution in [3.8, 4) is 17.2 Å². The van der Waals surface area contributed by atoms with Gasteiger partial charge in [0.25, 0.3) is 5.78 Å². The Morgan fingerprint density at radius 1 is 1.02 bits per heavy atom. The molecule has 4 rings (SSSR count). The van der Waals surface area contributed by atoms with E-state index in [2.05, 4.69) is 4.98 Å². The number of carbonyl (C=O) groups is 3. The number of methoxy groups -OCH3 is 1. The molecule has 0 aliphatic carbocycles. The quantitative estimate of drug-likeness (QED) is 0.155. The summed E-state index contributed by atoms with van der Waals surface area (Å²) in [6.07, 6.45) is 0. The van der Waals surface area contributed by atoms with Gasteiger partial charge in [0.15, 0.2) is 16.6 Å². The van der Waals surface area contributed by atoms with E-state index in [-0.39, 0.29) is 27.9 Å². The first-order chi connectivity index (χ1) is 19.2. The van der Waals surface area contributed by atoms with Crippen molar-refractivity contribution in [2.75, 3.05) is 31.8 Å². The number of thiazole rings is 1. The third kappa shape index (κ3) is 5.37. The molecule has 40 heavy (non-hydrogen) atoms. The summed E-state index contributed by atoms with van der Waals surface area (Å²) in [5.41, 5.74) is 0.977. The summed E-state index contributed by atoms with van der Waals surface area (Å²) in [6.45, 7) is 7.96. The van der Waals surface area contributed by atoms with Crippen LogP contribution in [0.25, 0.3) is 5.76 Å². The predicted octanol–water partition coefficient (Wildman–Crippen LogP) is 5.06. The molecule has 0 spiro atoms.